The number of para-hydroxylation sites is 1. The fourth-order valence-corrected chi connectivity index (χ4v) is 5.81. The number of carbonyl (C=O) groups excluding carboxylic acids is 1. The van der Waals surface area contributed by atoms with E-state index < -0.39 is 0 Å². The van der Waals surface area contributed by atoms with Gasteiger partial charge in [-0.1, -0.05) is 46.3 Å². The lowest BCUT2D eigenvalue weighted by Gasteiger charge is -2.28. The Balaban J connectivity index is 1.54. The minimum absolute atomic E-state index is 0.0425. The summed E-state index contributed by atoms with van der Waals surface area (Å²) >= 11 is 9.99. The third-order valence-electron chi connectivity index (χ3n) is 6.17. The zero-order valence-electron chi connectivity index (χ0n) is 14.1. The first-order chi connectivity index (χ1) is 12.6. The molecular weight excluding hydrogens is 414 g/mol. The summed E-state index contributed by atoms with van der Waals surface area (Å²) in [5, 5.41) is 2.02. The molecule has 1 heterocycles. The zero-order valence-corrected chi connectivity index (χ0v) is 16.4. The van der Waals surface area contributed by atoms with Crippen LogP contribution in [0.15, 0.2) is 59.1 Å². The van der Waals surface area contributed by atoms with Crippen LogP contribution in [0.3, 0.4) is 0 Å². The summed E-state index contributed by atoms with van der Waals surface area (Å²) in [5.74, 6) is 1.16. The van der Waals surface area contributed by atoms with Crippen LogP contribution in [-0.2, 0) is 4.84 Å². The first-order valence-corrected chi connectivity index (χ1v) is 10.3. The molecule has 2 bridgehead atoms. The first-order valence-electron chi connectivity index (χ1n) is 9.08. The lowest BCUT2D eigenvalue weighted by atomic mass is 9.79. The van der Waals surface area contributed by atoms with Crippen molar-refractivity contribution in [2.45, 2.75) is 30.4 Å². The Kier molecular flexibility index (Phi) is 4.11. The number of nitrogens with zero attached hydrogens (tertiary/aromatic N) is 1. The van der Waals surface area contributed by atoms with Crippen molar-refractivity contribution in [1.82, 2.24) is 0 Å². The van der Waals surface area contributed by atoms with Gasteiger partial charge in [-0.05, 0) is 43.0 Å². The SMILES string of the molecule is O=C(c1ccc(Br)cc1)[C@@H]1[C@@H]2[C@@H]3C[C@@H]([C@@H]2ON1c1ccccc1)[C@@H](Cl)C3. The number of fused-ring (bicyclic) bond motifs is 5. The van der Waals surface area contributed by atoms with Gasteiger partial charge in [0.1, 0.15) is 6.04 Å². The molecule has 2 aromatic rings. The zero-order chi connectivity index (χ0) is 17.8. The van der Waals surface area contributed by atoms with Crippen molar-refractivity contribution in [3.63, 3.8) is 0 Å². The molecule has 3 nitrogen and oxygen atoms in total. The van der Waals surface area contributed by atoms with Crippen LogP contribution in [0.1, 0.15) is 23.2 Å². The van der Waals surface area contributed by atoms with Crippen molar-refractivity contribution in [2.75, 3.05) is 5.06 Å². The van der Waals surface area contributed by atoms with Crippen LogP contribution in [0.4, 0.5) is 5.69 Å². The van der Waals surface area contributed by atoms with Crippen molar-refractivity contribution in [2.24, 2.45) is 17.8 Å². The van der Waals surface area contributed by atoms with E-state index in [1.807, 2.05) is 59.7 Å². The quantitative estimate of drug-likeness (QED) is 0.500. The minimum Gasteiger partial charge on any atom is -0.292 e. The van der Waals surface area contributed by atoms with Crippen LogP contribution >= 0.6 is 27.5 Å². The van der Waals surface area contributed by atoms with E-state index in [1.165, 1.54) is 0 Å². The summed E-state index contributed by atoms with van der Waals surface area (Å²) in [4.78, 5) is 19.8. The van der Waals surface area contributed by atoms with Gasteiger partial charge in [0.2, 0.25) is 0 Å². The van der Waals surface area contributed by atoms with E-state index in [9.17, 15) is 4.79 Å². The number of Topliss-reactive ketones (excluding diaryl/α,β-unsaturated/α-hetero) is 1. The van der Waals surface area contributed by atoms with Crippen LogP contribution in [-0.4, -0.2) is 23.3 Å². The molecule has 0 spiro atoms. The summed E-state index contributed by atoms with van der Waals surface area (Å²) in [6.45, 7) is 0. The van der Waals surface area contributed by atoms with Gasteiger partial charge < -0.3 is 0 Å². The number of alkyl halides is 1. The van der Waals surface area contributed by atoms with Gasteiger partial charge in [-0.25, -0.2) is 5.06 Å². The van der Waals surface area contributed by atoms with Crippen LogP contribution in [0, 0.1) is 17.8 Å². The van der Waals surface area contributed by atoms with Crippen molar-refractivity contribution >= 4 is 39.0 Å². The summed E-state index contributed by atoms with van der Waals surface area (Å²) in [6, 6.07) is 17.3. The smallest absolute Gasteiger partial charge is 0.188 e. The molecule has 0 aromatic heterocycles. The number of hydrogen-bond donors (Lipinski definition) is 0. The van der Waals surface area contributed by atoms with E-state index in [4.69, 9.17) is 16.4 Å². The highest BCUT2D eigenvalue weighted by molar-refractivity contribution is 9.10. The van der Waals surface area contributed by atoms with Crippen molar-refractivity contribution < 1.29 is 9.63 Å². The second-order valence-corrected chi connectivity index (χ2v) is 9.01. The fraction of sp³-hybridized carbons (Fsp3) is 0.381. The van der Waals surface area contributed by atoms with Crippen LogP contribution < -0.4 is 5.06 Å². The van der Waals surface area contributed by atoms with Crippen LogP contribution in [0.5, 0.6) is 0 Å². The van der Waals surface area contributed by atoms with Gasteiger partial charge in [0, 0.05) is 27.2 Å². The van der Waals surface area contributed by atoms with Gasteiger partial charge in [0.15, 0.2) is 5.78 Å². The molecule has 6 atom stereocenters. The van der Waals surface area contributed by atoms with Crippen molar-refractivity contribution in [1.29, 1.82) is 0 Å². The van der Waals surface area contributed by atoms with Gasteiger partial charge in [-0.15, -0.1) is 11.6 Å². The Bertz CT molecular complexity index is 828. The number of benzene rings is 2. The van der Waals surface area contributed by atoms with Gasteiger partial charge in [0.05, 0.1) is 11.8 Å². The number of rotatable bonds is 3. The first kappa shape index (κ1) is 16.8. The lowest BCUT2D eigenvalue weighted by Crippen LogP contribution is -2.42. The molecule has 0 amide bonds. The molecule has 3 fully saturated rings. The number of halogens is 2. The molecule has 5 rings (SSSR count). The summed E-state index contributed by atoms with van der Waals surface area (Å²) < 4.78 is 0.972. The molecule has 0 unspecified atom stereocenters. The molecule has 2 saturated carbocycles. The van der Waals surface area contributed by atoms with Crippen LogP contribution in [0.25, 0.3) is 0 Å². The van der Waals surface area contributed by atoms with E-state index in [0.29, 0.717) is 11.8 Å². The Morgan fingerprint density at radius 3 is 2.54 bits per heavy atom. The third-order valence-corrected chi connectivity index (χ3v) is 7.20. The van der Waals surface area contributed by atoms with E-state index in [2.05, 4.69) is 15.9 Å². The maximum atomic E-state index is 13.5. The van der Waals surface area contributed by atoms with Gasteiger partial charge >= 0.3 is 0 Å². The van der Waals surface area contributed by atoms with Crippen molar-refractivity contribution in [3.05, 3.63) is 64.6 Å². The Hall–Kier alpha value is -1.36. The number of hydrogen-bond acceptors (Lipinski definition) is 3. The normalized spacial score (nSPS) is 34.9. The maximum absolute atomic E-state index is 13.5. The molecule has 5 heteroatoms. The fourth-order valence-electron chi connectivity index (χ4n) is 5.07. The highest BCUT2D eigenvalue weighted by Gasteiger charge is 2.62. The maximum Gasteiger partial charge on any atom is 0.188 e. The Morgan fingerprint density at radius 2 is 1.81 bits per heavy atom. The van der Waals surface area contributed by atoms with Gasteiger partial charge in [0.25, 0.3) is 0 Å². The second kappa shape index (κ2) is 6.36. The molecule has 2 aliphatic carbocycles. The van der Waals surface area contributed by atoms with E-state index in [0.717, 1.165) is 28.6 Å². The van der Waals surface area contributed by atoms with Crippen molar-refractivity contribution in [3.8, 4) is 0 Å². The largest absolute Gasteiger partial charge is 0.292 e. The Labute approximate surface area is 166 Å². The molecule has 134 valence electrons. The monoisotopic (exact) mass is 431 g/mol. The van der Waals surface area contributed by atoms with E-state index in [-0.39, 0.29) is 29.2 Å². The number of ketones is 1. The predicted molar refractivity (Wildman–Crippen MR) is 105 cm³/mol. The third kappa shape index (κ3) is 2.54. The molecule has 3 aliphatic rings. The minimum atomic E-state index is -0.289. The lowest BCUT2D eigenvalue weighted by molar-refractivity contribution is 0.0371. The van der Waals surface area contributed by atoms with Gasteiger partial charge in [-0.2, -0.15) is 0 Å². The average Bonchev–Trinajstić information content (AvgIpc) is 3.32. The van der Waals surface area contributed by atoms with Crippen LogP contribution in [0.2, 0.25) is 0 Å². The molecule has 1 saturated heterocycles. The standard InChI is InChI=1S/C21H19BrClNO2/c22-14-8-6-12(7-9-14)20(25)19-18-13-10-16(17(23)11-13)21(18)26-24(19)15-4-2-1-3-5-15/h1-9,13,16-19,21H,10-11H2/t13-,16-,17+,18+,19+,21+/m1/s1. The predicted octanol–water partition coefficient (Wildman–Crippen LogP) is 5.08. The molecule has 0 N–H and O–H groups in total. The summed E-state index contributed by atoms with van der Waals surface area (Å²) in [6.07, 6.45) is 2.11. The number of carbonyl (C=O) groups is 1. The average molecular weight is 433 g/mol. The summed E-state index contributed by atoms with van der Waals surface area (Å²) in [5.41, 5.74) is 1.66. The second-order valence-electron chi connectivity index (χ2n) is 7.54. The number of anilines is 1. The highest BCUT2D eigenvalue weighted by atomic mass is 79.9. The Morgan fingerprint density at radius 1 is 1.08 bits per heavy atom. The molecule has 0 radical (unpaired) electrons. The van der Waals surface area contributed by atoms with E-state index >= 15 is 0 Å². The molecule has 26 heavy (non-hydrogen) atoms. The summed E-state index contributed by atoms with van der Waals surface area (Å²) in [7, 11) is 0. The molecular formula is C21H19BrClNO2. The van der Waals surface area contributed by atoms with E-state index in [1.54, 1.807) is 0 Å². The topological polar surface area (TPSA) is 29.5 Å². The molecule has 1 aliphatic heterocycles. The number of hydroxylamine groups is 1. The molecule has 2 aromatic carbocycles. The van der Waals surface area contributed by atoms with Gasteiger partial charge in [-0.3, -0.25) is 9.63 Å². The highest BCUT2D eigenvalue weighted by Crippen LogP contribution is 2.57.